The van der Waals surface area contributed by atoms with Gasteiger partial charge in [0.1, 0.15) is 5.78 Å². The molecule has 0 heterocycles. The molecule has 0 radical (unpaired) electrons. The third kappa shape index (κ3) is 15.0. The molecule has 0 aromatic heterocycles. The van der Waals surface area contributed by atoms with Crippen LogP contribution in [-0.4, -0.2) is 70.2 Å². The second-order valence-corrected chi connectivity index (χ2v) is 6.69. The number of hydrogen-bond acceptors (Lipinski definition) is 6. The zero-order valence-electron chi connectivity index (χ0n) is 16.3. The van der Waals surface area contributed by atoms with Crippen molar-refractivity contribution in [3.63, 3.8) is 0 Å². The minimum absolute atomic E-state index is 0. The number of rotatable bonds is 16. The Morgan fingerprint density at radius 2 is 1.29 bits per heavy atom. The molecular formula is C18H39NO5. The summed E-state index contributed by atoms with van der Waals surface area (Å²) >= 11 is 0. The van der Waals surface area contributed by atoms with Crippen molar-refractivity contribution >= 4 is 5.78 Å². The van der Waals surface area contributed by atoms with Gasteiger partial charge in [0, 0.05) is 7.34 Å². The van der Waals surface area contributed by atoms with E-state index >= 15 is 0 Å². The summed E-state index contributed by atoms with van der Waals surface area (Å²) in [7, 11) is 0. The van der Waals surface area contributed by atoms with E-state index in [4.69, 9.17) is 18.9 Å². The van der Waals surface area contributed by atoms with Gasteiger partial charge in [0.25, 0.3) is 0 Å². The molecule has 0 aliphatic rings. The van der Waals surface area contributed by atoms with Crippen molar-refractivity contribution in [3.05, 3.63) is 0 Å². The van der Waals surface area contributed by atoms with Gasteiger partial charge in [-0.3, -0.25) is 4.79 Å². The van der Waals surface area contributed by atoms with Crippen LogP contribution < -0.4 is 5.32 Å². The molecule has 0 fully saturated rings. The number of ether oxygens (including phenoxy) is 4. The number of carbonyl (C=O) groups excluding carboxylic acids is 1. The highest BCUT2D eigenvalue weighted by atomic mass is 16.5. The van der Waals surface area contributed by atoms with Crippen molar-refractivity contribution in [2.75, 3.05) is 46.2 Å². The summed E-state index contributed by atoms with van der Waals surface area (Å²) in [5.41, 5.74) is 0. The number of Topliss-reactive ketones (excluding diaryl/α,β-unsaturated/α-hetero) is 1. The fourth-order valence-corrected chi connectivity index (χ4v) is 1.75. The van der Waals surface area contributed by atoms with Gasteiger partial charge in [-0.25, -0.2) is 0 Å². The van der Waals surface area contributed by atoms with Crippen LogP contribution in [0.4, 0.5) is 0 Å². The van der Waals surface area contributed by atoms with E-state index in [1.54, 1.807) is 0 Å². The Labute approximate surface area is 149 Å². The van der Waals surface area contributed by atoms with Crippen LogP contribution in [-0.2, 0) is 23.7 Å². The Bertz CT molecular complexity index is 296. The summed E-state index contributed by atoms with van der Waals surface area (Å²) in [4.78, 5) is 11.8. The number of hydrogen-bond donors (Lipinski definition) is 1. The summed E-state index contributed by atoms with van der Waals surface area (Å²) in [5, 5.41) is 3.22. The molecule has 0 aliphatic heterocycles. The van der Waals surface area contributed by atoms with Crippen molar-refractivity contribution in [1.29, 1.82) is 0 Å². The summed E-state index contributed by atoms with van der Waals surface area (Å²) in [6.07, 6.45) is 0.408. The molecule has 0 aromatic rings. The first-order valence-electron chi connectivity index (χ1n) is 8.97. The molecule has 24 heavy (non-hydrogen) atoms. The molecular weight excluding hydrogens is 310 g/mol. The quantitative estimate of drug-likeness (QED) is 0.431. The number of nitrogens with one attached hydrogen (secondary N) is 1. The second kappa shape index (κ2) is 14.8. The van der Waals surface area contributed by atoms with Gasteiger partial charge in [-0.2, -0.15) is 0 Å². The molecule has 0 saturated carbocycles. The van der Waals surface area contributed by atoms with Gasteiger partial charge in [0.05, 0.1) is 64.4 Å². The van der Waals surface area contributed by atoms with Crippen molar-refractivity contribution in [2.45, 2.75) is 59.8 Å². The average Bonchev–Trinajstić information content (AvgIpc) is 2.49. The van der Waals surface area contributed by atoms with Crippen LogP contribution in [0.5, 0.6) is 0 Å². The molecule has 0 amide bonds. The Morgan fingerprint density at radius 3 is 1.67 bits per heavy atom. The Hall–Kier alpha value is -0.530. The molecule has 0 spiro atoms. The van der Waals surface area contributed by atoms with Crippen molar-refractivity contribution in [1.82, 2.24) is 5.32 Å². The van der Waals surface area contributed by atoms with E-state index in [1.165, 1.54) is 0 Å². The van der Waals surface area contributed by atoms with Crippen LogP contribution in [0.3, 0.4) is 0 Å². The SMILES string of the molecule is CC(C)OCCOCC(COCCOC(C)C)NCC(=O)C(C)C.[HH]. The van der Waals surface area contributed by atoms with Crippen molar-refractivity contribution in [2.24, 2.45) is 5.92 Å². The predicted octanol–water partition coefficient (Wildman–Crippen LogP) is 2.30. The highest BCUT2D eigenvalue weighted by molar-refractivity contribution is 5.82. The van der Waals surface area contributed by atoms with Crippen LogP contribution in [0.1, 0.15) is 43.0 Å². The molecule has 0 bridgehead atoms. The van der Waals surface area contributed by atoms with Crippen LogP contribution in [0.15, 0.2) is 0 Å². The highest BCUT2D eigenvalue weighted by Gasteiger charge is 2.13. The summed E-state index contributed by atoms with van der Waals surface area (Å²) in [6, 6.07) is -0.0224. The number of ketones is 1. The Morgan fingerprint density at radius 1 is 0.833 bits per heavy atom. The van der Waals surface area contributed by atoms with Gasteiger partial charge in [0.2, 0.25) is 0 Å². The minimum atomic E-state index is -0.0224. The van der Waals surface area contributed by atoms with Crippen LogP contribution in [0, 0.1) is 5.92 Å². The lowest BCUT2D eigenvalue weighted by atomic mass is 10.1. The lowest BCUT2D eigenvalue weighted by molar-refractivity contribution is -0.121. The van der Waals surface area contributed by atoms with E-state index < -0.39 is 0 Å². The van der Waals surface area contributed by atoms with Crippen LogP contribution in [0.2, 0.25) is 0 Å². The van der Waals surface area contributed by atoms with Gasteiger partial charge in [-0.15, -0.1) is 0 Å². The summed E-state index contributed by atoms with van der Waals surface area (Å²) in [6.45, 7) is 15.3. The maximum absolute atomic E-state index is 11.8. The molecule has 0 aliphatic carbocycles. The normalized spacial score (nSPS) is 12.1. The molecule has 6 heteroatoms. The van der Waals surface area contributed by atoms with Crippen LogP contribution >= 0.6 is 0 Å². The van der Waals surface area contributed by atoms with E-state index in [0.717, 1.165) is 0 Å². The monoisotopic (exact) mass is 349 g/mol. The van der Waals surface area contributed by atoms with Gasteiger partial charge in [0.15, 0.2) is 0 Å². The van der Waals surface area contributed by atoms with E-state index in [-0.39, 0.29) is 31.4 Å². The molecule has 6 nitrogen and oxygen atoms in total. The zero-order chi connectivity index (χ0) is 18.4. The lowest BCUT2D eigenvalue weighted by Gasteiger charge is -2.20. The average molecular weight is 350 g/mol. The van der Waals surface area contributed by atoms with Gasteiger partial charge in [-0.05, 0) is 27.7 Å². The molecule has 0 unspecified atom stereocenters. The minimum Gasteiger partial charge on any atom is -0.377 e. The second-order valence-electron chi connectivity index (χ2n) is 6.69. The lowest BCUT2D eigenvalue weighted by Crippen LogP contribution is -2.42. The van der Waals surface area contributed by atoms with Gasteiger partial charge in [-0.1, -0.05) is 13.8 Å². The number of carbonyl (C=O) groups is 1. The van der Waals surface area contributed by atoms with E-state index in [1.807, 2.05) is 41.5 Å². The fourth-order valence-electron chi connectivity index (χ4n) is 1.75. The maximum Gasteiger partial charge on any atom is 0.149 e. The summed E-state index contributed by atoms with van der Waals surface area (Å²) in [5.74, 6) is 0.213. The molecule has 1 N–H and O–H groups in total. The Kier molecular flexibility index (Phi) is 14.5. The smallest absolute Gasteiger partial charge is 0.149 e. The zero-order valence-corrected chi connectivity index (χ0v) is 16.3. The predicted molar refractivity (Wildman–Crippen MR) is 97.6 cm³/mol. The van der Waals surface area contributed by atoms with Crippen LogP contribution in [0.25, 0.3) is 0 Å². The van der Waals surface area contributed by atoms with E-state index in [2.05, 4.69) is 5.32 Å². The third-order valence-corrected chi connectivity index (χ3v) is 3.20. The van der Waals surface area contributed by atoms with E-state index in [9.17, 15) is 4.79 Å². The van der Waals surface area contributed by atoms with Crippen molar-refractivity contribution in [3.8, 4) is 0 Å². The van der Waals surface area contributed by atoms with Gasteiger partial charge >= 0.3 is 0 Å². The summed E-state index contributed by atoms with van der Waals surface area (Å²) < 4.78 is 22.1. The van der Waals surface area contributed by atoms with E-state index in [0.29, 0.717) is 46.2 Å². The standard InChI is InChI=1S/C18H37NO5.H2/c1-14(2)18(20)11-19-17(12-21-7-9-23-15(3)4)13-22-8-10-24-16(5)6;/h14-17,19H,7-13H2,1-6H3;1H. The third-order valence-electron chi connectivity index (χ3n) is 3.20. The van der Waals surface area contributed by atoms with Crippen molar-refractivity contribution < 1.29 is 25.2 Å². The molecule has 0 saturated heterocycles. The first-order valence-corrected chi connectivity index (χ1v) is 8.97. The molecule has 0 aromatic carbocycles. The maximum atomic E-state index is 11.8. The Balaban J connectivity index is 0. The highest BCUT2D eigenvalue weighted by Crippen LogP contribution is 1.96. The molecule has 146 valence electrons. The first-order chi connectivity index (χ1) is 11.3. The first kappa shape index (κ1) is 23.5. The molecule has 0 atom stereocenters. The largest absolute Gasteiger partial charge is 0.377 e. The topological polar surface area (TPSA) is 66.0 Å². The van der Waals surface area contributed by atoms with Gasteiger partial charge < -0.3 is 24.3 Å². The fraction of sp³-hybridized carbons (Fsp3) is 0.944. The molecule has 0 rings (SSSR count).